The fourth-order valence-corrected chi connectivity index (χ4v) is 3.96. The molecule has 3 aromatic rings. The maximum atomic E-state index is 13.1. The fraction of sp³-hybridized carbons (Fsp3) is 0.148. The Bertz CT molecular complexity index is 1330. The molecule has 0 aliphatic carbocycles. The Hall–Kier alpha value is -4.08. The van der Waals surface area contributed by atoms with Crippen molar-refractivity contribution in [3.8, 4) is 17.6 Å². The third-order valence-corrected chi connectivity index (χ3v) is 5.69. The Morgan fingerprint density at radius 3 is 2.62 bits per heavy atom. The van der Waals surface area contributed by atoms with Crippen LogP contribution in [0.5, 0.6) is 11.5 Å². The number of nitrogens with zero attached hydrogens (tertiary/aromatic N) is 2. The molecule has 34 heavy (non-hydrogen) atoms. The summed E-state index contributed by atoms with van der Waals surface area (Å²) in [4.78, 5) is 27.3. The van der Waals surface area contributed by atoms with Crippen molar-refractivity contribution < 1.29 is 19.1 Å². The van der Waals surface area contributed by atoms with Gasteiger partial charge in [-0.15, -0.1) is 0 Å². The van der Waals surface area contributed by atoms with Gasteiger partial charge in [0.05, 0.1) is 17.2 Å². The highest BCUT2D eigenvalue weighted by Gasteiger charge is 2.26. The molecule has 0 bridgehead atoms. The average Bonchev–Trinajstić information content (AvgIpc) is 3.28. The molecule has 0 atom stereocenters. The number of benzene rings is 3. The summed E-state index contributed by atoms with van der Waals surface area (Å²) in [6, 6.07) is 21.1. The molecule has 0 unspecified atom stereocenters. The molecule has 4 rings (SSSR count). The van der Waals surface area contributed by atoms with Gasteiger partial charge in [0.15, 0.2) is 11.5 Å². The number of amides is 1. The van der Waals surface area contributed by atoms with Crippen LogP contribution in [0.4, 0.5) is 5.69 Å². The van der Waals surface area contributed by atoms with E-state index in [-0.39, 0.29) is 27.8 Å². The molecule has 0 N–H and O–H groups in total. The topological polar surface area (TPSA) is 79.6 Å². The number of halogens is 1. The van der Waals surface area contributed by atoms with Crippen LogP contribution in [0.2, 0.25) is 5.02 Å². The van der Waals surface area contributed by atoms with E-state index < -0.39 is 5.97 Å². The van der Waals surface area contributed by atoms with E-state index in [0.29, 0.717) is 24.5 Å². The van der Waals surface area contributed by atoms with Crippen LogP contribution in [-0.4, -0.2) is 25.0 Å². The Labute approximate surface area is 202 Å². The summed E-state index contributed by atoms with van der Waals surface area (Å²) in [6.07, 6.45) is 2.26. The maximum Gasteiger partial charge on any atom is 0.345 e. The predicted octanol–water partition coefficient (Wildman–Crippen LogP) is 5.45. The van der Waals surface area contributed by atoms with Crippen LogP contribution in [0.3, 0.4) is 0 Å². The van der Waals surface area contributed by atoms with Gasteiger partial charge in [-0.05, 0) is 60.9 Å². The minimum Gasteiger partial charge on any atom is -0.490 e. The number of nitriles is 1. The molecular weight excluding hydrogens is 452 g/mol. The monoisotopic (exact) mass is 472 g/mol. The molecule has 0 aromatic heterocycles. The third-order valence-electron chi connectivity index (χ3n) is 5.36. The van der Waals surface area contributed by atoms with Gasteiger partial charge in [0.1, 0.15) is 11.6 Å². The number of rotatable bonds is 6. The molecule has 7 heteroatoms. The van der Waals surface area contributed by atoms with Crippen molar-refractivity contribution in [2.24, 2.45) is 0 Å². The maximum absolute atomic E-state index is 13.1. The van der Waals surface area contributed by atoms with Crippen LogP contribution in [0.15, 0.2) is 72.3 Å². The molecule has 1 aliphatic heterocycles. The van der Waals surface area contributed by atoms with Crippen molar-refractivity contribution in [3.63, 3.8) is 0 Å². The molecule has 1 amide bonds. The molecule has 170 valence electrons. The van der Waals surface area contributed by atoms with Crippen molar-refractivity contribution in [3.05, 3.63) is 94.0 Å². The molecule has 0 saturated carbocycles. The van der Waals surface area contributed by atoms with Gasteiger partial charge in [0.25, 0.3) is 5.91 Å². The average molecular weight is 473 g/mol. The highest BCUT2D eigenvalue weighted by molar-refractivity contribution is 6.33. The Balaban J connectivity index is 1.60. The summed E-state index contributed by atoms with van der Waals surface area (Å²) in [5.74, 6) is -0.454. The first kappa shape index (κ1) is 23.1. The lowest BCUT2D eigenvalue weighted by Gasteiger charge is -2.17. The summed E-state index contributed by atoms with van der Waals surface area (Å²) in [6.45, 7) is 2.66. The second-order valence-corrected chi connectivity index (χ2v) is 7.92. The molecule has 0 saturated heterocycles. The van der Waals surface area contributed by atoms with E-state index >= 15 is 0 Å². The summed E-state index contributed by atoms with van der Waals surface area (Å²) >= 11 is 6.09. The van der Waals surface area contributed by atoms with E-state index in [0.717, 1.165) is 17.7 Å². The van der Waals surface area contributed by atoms with E-state index in [1.165, 1.54) is 6.08 Å². The van der Waals surface area contributed by atoms with Crippen molar-refractivity contribution in [1.82, 2.24) is 0 Å². The summed E-state index contributed by atoms with van der Waals surface area (Å²) in [5, 5.41) is 9.97. The van der Waals surface area contributed by atoms with Crippen molar-refractivity contribution in [2.75, 3.05) is 18.1 Å². The number of ether oxygens (including phenoxy) is 2. The third kappa shape index (κ3) is 4.80. The Kier molecular flexibility index (Phi) is 6.95. The van der Waals surface area contributed by atoms with Crippen LogP contribution in [0, 0.1) is 11.3 Å². The van der Waals surface area contributed by atoms with Gasteiger partial charge in [-0.2, -0.15) is 5.26 Å². The minimum atomic E-state index is -0.615. The van der Waals surface area contributed by atoms with Gasteiger partial charge >= 0.3 is 5.97 Å². The smallest absolute Gasteiger partial charge is 0.345 e. The number of anilines is 1. The highest BCUT2D eigenvalue weighted by atomic mass is 35.5. The first-order valence-corrected chi connectivity index (χ1v) is 11.1. The Morgan fingerprint density at radius 1 is 1.09 bits per heavy atom. The van der Waals surface area contributed by atoms with Gasteiger partial charge in [-0.3, -0.25) is 4.79 Å². The normalized spacial score (nSPS) is 12.6. The molecule has 1 aliphatic rings. The number of carbonyl (C=O) groups is 2. The van der Waals surface area contributed by atoms with Gasteiger partial charge in [0.2, 0.25) is 0 Å². The van der Waals surface area contributed by atoms with E-state index in [9.17, 15) is 14.9 Å². The number of carbonyl (C=O) groups excluding carboxylic acids is 2. The highest BCUT2D eigenvalue weighted by Crippen LogP contribution is 2.32. The zero-order valence-corrected chi connectivity index (χ0v) is 19.2. The lowest BCUT2D eigenvalue weighted by molar-refractivity contribution is -0.114. The van der Waals surface area contributed by atoms with Crippen molar-refractivity contribution in [1.29, 1.82) is 5.26 Å². The first-order valence-electron chi connectivity index (χ1n) is 10.8. The van der Waals surface area contributed by atoms with Gasteiger partial charge in [0, 0.05) is 12.2 Å². The van der Waals surface area contributed by atoms with Crippen LogP contribution >= 0.6 is 11.6 Å². The van der Waals surface area contributed by atoms with Crippen molar-refractivity contribution >= 4 is 35.2 Å². The van der Waals surface area contributed by atoms with Crippen LogP contribution in [0.25, 0.3) is 6.08 Å². The summed E-state index contributed by atoms with van der Waals surface area (Å²) < 4.78 is 11.2. The second kappa shape index (κ2) is 10.2. The molecular formula is C27H21ClN2O4. The fourth-order valence-electron chi connectivity index (χ4n) is 3.75. The van der Waals surface area contributed by atoms with Crippen LogP contribution in [-0.2, 0) is 11.2 Å². The van der Waals surface area contributed by atoms with Crippen molar-refractivity contribution in [2.45, 2.75) is 13.3 Å². The second-order valence-electron chi connectivity index (χ2n) is 7.51. The van der Waals surface area contributed by atoms with E-state index in [2.05, 4.69) is 0 Å². The summed E-state index contributed by atoms with van der Waals surface area (Å²) in [7, 11) is 0. The van der Waals surface area contributed by atoms with E-state index in [1.54, 1.807) is 54.3 Å². The standard InChI is InChI=1S/C27H21ClN2O4/c1-2-33-25-16-18(11-12-24(25)34-27(32)21-8-4-5-9-22(21)28)15-20(17-29)26(31)30-14-13-19-7-3-6-10-23(19)30/h3-12,15-16H,2,13-14H2,1H3/b20-15+. The van der Waals surface area contributed by atoms with E-state index in [4.69, 9.17) is 21.1 Å². The molecule has 0 fully saturated rings. The first-order chi connectivity index (χ1) is 16.5. The number of hydrogen-bond acceptors (Lipinski definition) is 5. The number of hydrogen-bond donors (Lipinski definition) is 0. The zero-order valence-electron chi connectivity index (χ0n) is 18.5. The quantitative estimate of drug-likeness (QED) is 0.206. The largest absolute Gasteiger partial charge is 0.490 e. The molecule has 3 aromatic carbocycles. The number of fused-ring (bicyclic) bond motifs is 1. The van der Waals surface area contributed by atoms with Gasteiger partial charge in [-0.1, -0.05) is 48.0 Å². The molecule has 0 radical (unpaired) electrons. The number of para-hydroxylation sites is 1. The summed E-state index contributed by atoms with van der Waals surface area (Å²) in [5.41, 5.74) is 2.71. The Morgan fingerprint density at radius 2 is 1.85 bits per heavy atom. The molecule has 6 nitrogen and oxygen atoms in total. The lowest BCUT2D eigenvalue weighted by atomic mass is 10.1. The van der Waals surface area contributed by atoms with Gasteiger partial charge in [-0.25, -0.2) is 4.79 Å². The molecule has 0 spiro atoms. The number of esters is 1. The SMILES string of the molecule is CCOc1cc(/C=C(\C#N)C(=O)N2CCc3ccccc32)ccc1OC(=O)c1ccccc1Cl. The lowest BCUT2D eigenvalue weighted by Crippen LogP contribution is -2.29. The van der Waals surface area contributed by atoms with E-state index in [1.807, 2.05) is 30.3 Å². The van der Waals surface area contributed by atoms with Crippen LogP contribution in [0.1, 0.15) is 28.4 Å². The predicted molar refractivity (Wildman–Crippen MR) is 130 cm³/mol. The van der Waals surface area contributed by atoms with Crippen LogP contribution < -0.4 is 14.4 Å². The zero-order chi connectivity index (χ0) is 24.1. The minimum absolute atomic E-state index is 0.0000336. The van der Waals surface area contributed by atoms with Gasteiger partial charge < -0.3 is 14.4 Å². The molecule has 1 heterocycles.